The normalized spacial score (nSPS) is 15.9. The van der Waals surface area contributed by atoms with Crippen molar-refractivity contribution in [3.8, 4) is 0 Å². The van der Waals surface area contributed by atoms with Gasteiger partial charge in [0, 0.05) is 12.1 Å². The number of hydrogen-bond acceptors (Lipinski definition) is 3. The van der Waals surface area contributed by atoms with Crippen molar-refractivity contribution in [2.24, 2.45) is 16.6 Å². The molecule has 5 nitrogen and oxygen atoms in total. The fourth-order valence-electron chi connectivity index (χ4n) is 1.14. The lowest BCUT2D eigenvalue weighted by molar-refractivity contribution is -0.148. The van der Waals surface area contributed by atoms with Gasteiger partial charge in [-0.25, -0.2) is 0 Å². The highest BCUT2D eigenvalue weighted by Gasteiger charge is 2.41. The summed E-state index contributed by atoms with van der Waals surface area (Å²) in [6.45, 7) is 10.6. The van der Waals surface area contributed by atoms with Gasteiger partial charge in [-0.3, -0.25) is 9.59 Å². The van der Waals surface area contributed by atoms with Crippen LogP contribution >= 0.6 is 0 Å². The molecule has 0 bridgehead atoms. The summed E-state index contributed by atoms with van der Waals surface area (Å²) in [4.78, 5) is 23.2. The fraction of sp³-hybridized carbons (Fsp3) is 0.846. The van der Waals surface area contributed by atoms with Crippen LogP contribution in [-0.4, -0.2) is 29.1 Å². The van der Waals surface area contributed by atoms with Gasteiger partial charge in [-0.2, -0.15) is 0 Å². The van der Waals surface area contributed by atoms with Crippen LogP contribution in [0.15, 0.2) is 0 Å². The molecule has 0 saturated heterocycles. The van der Waals surface area contributed by atoms with E-state index in [2.05, 4.69) is 5.32 Å². The summed E-state index contributed by atoms with van der Waals surface area (Å²) in [6.07, 6.45) is 0.453. The third-order valence-corrected chi connectivity index (χ3v) is 4.11. The zero-order chi connectivity index (χ0) is 14.8. The molecule has 0 aliphatic carbocycles. The average Bonchev–Trinajstić information content (AvgIpc) is 2.23. The molecule has 0 aliphatic heterocycles. The number of carboxylic acids is 1. The minimum absolute atomic E-state index is 0.108. The SMILES string of the molecule is CCC(C)(CNC(=O)C(C)(C)C(C)(C)N)C(=O)O. The number of hydrogen-bond donors (Lipinski definition) is 3. The maximum absolute atomic E-state index is 12.1. The van der Waals surface area contributed by atoms with E-state index in [-0.39, 0.29) is 12.5 Å². The van der Waals surface area contributed by atoms with Crippen molar-refractivity contribution in [2.45, 2.75) is 53.5 Å². The Hall–Kier alpha value is -1.10. The maximum atomic E-state index is 12.1. The van der Waals surface area contributed by atoms with Gasteiger partial charge in [-0.1, -0.05) is 6.92 Å². The fourth-order valence-corrected chi connectivity index (χ4v) is 1.14. The van der Waals surface area contributed by atoms with Crippen LogP contribution in [0, 0.1) is 10.8 Å². The molecular weight excluding hydrogens is 232 g/mol. The molecule has 0 aliphatic rings. The predicted octanol–water partition coefficient (Wildman–Crippen LogP) is 1.37. The predicted molar refractivity (Wildman–Crippen MR) is 71.1 cm³/mol. The number of carboxylic acid groups (broad SMARTS) is 1. The number of carbonyl (C=O) groups is 2. The molecular formula is C13H26N2O3. The van der Waals surface area contributed by atoms with Crippen molar-refractivity contribution in [1.82, 2.24) is 5.32 Å². The van der Waals surface area contributed by atoms with Crippen LogP contribution in [0.5, 0.6) is 0 Å². The van der Waals surface area contributed by atoms with E-state index in [9.17, 15) is 9.59 Å². The number of amides is 1. The van der Waals surface area contributed by atoms with E-state index in [1.165, 1.54) is 0 Å². The summed E-state index contributed by atoms with van der Waals surface area (Å²) < 4.78 is 0. The minimum Gasteiger partial charge on any atom is -0.481 e. The van der Waals surface area contributed by atoms with E-state index in [1.54, 1.807) is 41.5 Å². The van der Waals surface area contributed by atoms with Crippen molar-refractivity contribution < 1.29 is 14.7 Å². The molecule has 0 aromatic heterocycles. The van der Waals surface area contributed by atoms with Crippen LogP contribution in [0.25, 0.3) is 0 Å². The molecule has 106 valence electrons. The summed E-state index contributed by atoms with van der Waals surface area (Å²) in [6, 6.07) is 0. The number of aliphatic carboxylic acids is 1. The zero-order valence-electron chi connectivity index (χ0n) is 12.3. The molecule has 18 heavy (non-hydrogen) atoms. The highest BCUT2D eigenvalue weighted by molar-refractivity contribution is 5.84. The van der Waals surface area contributed by atoms with Gasteiger partial charge >= 0.3 is 5.97 Å². The van der Waals surface area contributed by atoms with Crippen LogP contribution in [0.4, 0.5) is 0 Å². The van der Waals surface area contributed by atoms with Crippen LogP contribution < -0.4 is 11.1 Å². The molecule has 0 saturated carbocycles. The van der Waals surface area contributed by atoms with Crippen molar-refractivity contribution in [2.75, 3.05) is 6.54 Å². The maximum Gasteiger partial charge on any atom is 0.311 e. The smallest absolute Gasteiger partial charge is 0.311 e. The molecule has 0 fully saturated rings. The lowest BCUT2D eigenvalue weighted by Gasteiger charge is -2.37. The molecule has 0 aromatic carbocycles. The Morgan fingerprint density at radius 1 is 1.17 bits per heavy atom. The minimum atomic E-state index is -0.940. The zero-order valence-corrected chi connectivity index (χ0v) is 12.3. The van der Waals surface area contributed by atoms with Gasteiger partial charge in [0.25, 0.3) is 0 Å². The Balaban J connectivity index is 4.76. The van der Waals surface area contributed by atoms with Gasteiger partial charge in [0.2, 0.25) is 5.91 Å². The molecule has 0 aromatic rings. The number of nitrogens with two attached hydrogens (primary N) is 1. The monoisotopic (exact) mass is 258 g/mol. The molecule has 5 heteroatoms. The molecule has 1 amide bonds. The second kappa shape index (κ2) is 5.26. The molecule has 0 radical (unpaired) electrons. The van der Waals surface area contributed by atoms with Crippen LogP contribution in [0.2, 0.25) is 0 Å². The molecule has 1 atom stereocenters. The number of carbonyl (C=O) groups excluding carboxylic acids is 1. The van der Waals surface area contributed by atoms with Crippen LogP contribution in [0.3, 0.4) is 0 Å². The largest absolute Gasteiger partial charge is 0.481 e. The Kier molecular flexibility index (Phi) is 4.94. The summed E-state index contributed by atoms with van der Waals surface area (Å²) in [5, 5.41) is 11.8. The van der Waals surface area contributed by atoms with Crippen molar-refractivity contribution in [1.29, 1.82) is 0 Å². The highest BCUT2D eigenvalue weighted by Crippen LogP contribution is 2.29. The van der Waals surface area contributed by atoms with Gasteiger partial charge in [0.1, 0.15) is 0 Å². The van der Waals surface area contributed by atoms with Gasteiger partial charge in [-0.05, 0) is 41.0 Å². The van der Waals surface area contributed by atoms with Gasteiger partial charge < -0.3 is 16.2 Å². The quantitative estimate of drug-likeness (QED) is 0.671. The first-order valence-corrected chi connectivity index (χ1v) is 6.19. The van der Waals surface area contributed by atoms with Gasteiger partial charge in [0.15, 0.2) is 0 Å². The molecule has 4 N–H and O–H groups in total. The summed E-state index contributed by atoms with van der Waals surface area (Å²) in [5.41, 5.74) is 3.59. The van der Waals surface area contributed by atoms with Gasteiger partial charge in [0.05, 0.1) is 10.8 Å². The second-order valence-electron chi connectivity index (χ2n) is 6.25. The first-order chi connectivity index (χ1) is 7.88. The van der Waals surface area contributed by atoms with E-state index < -0.39 is 22.3 Å². The van der Waals surface area contributed by atoms with E-state index >= 15 is 0 Å². The standard InChI is InChI=1S/C13H26N2O3/c1-7-13(6,10(17)18)8-15-9(16)11(2,3)12(4,5)14/h7-8,14H2,1-6H3,(H,15,16)(H,17,18). The Morgan fingerprint density at radius 3 is 1.89 bits per heavy atom. The molecule has 0 rings (SSSR count). The van der Waals surface area contributed by atoms with E-state index in [0.29, 0.717) is 6.42 Å². The Labute approximate surface area is 109 Å². The van der Waals surface area contributed by atoms with Crippen molar-refractivity contribution in [3.63, 3.8) is 0 Å². The average molecular weight is 258 g/mol. The Bertz CT molecular complexity index is 332. The lowest BCUT2D eigenvalue weighted by Crippen LogP contribution is -2.57. The molecule has 1 unspecified atom stereocenters. The van der Waals surface area contributed by atoms with Gasteiger partial charge in [-0.15, -0.1) is 0 Å². The van der Waals surface area contributed by atoms with Crippen LogP contribution in [-0.2, 0) is 9.59 Å². The van der Waals surface area contributed by atoms with Crippen molar-refractivity contribution >= 4 is 11.9 Å². The second-order valence-corrected chi connectivity index (χ2v) is 6.25. The summed E-state index contributed by atoms with van der Waals surface area (Å²) in [7, 11) is 0. The van der Waals surface area contributed by atoms with E-state index in [1.807, 2.05) is 0 Å². The summed E-state index contributed by atoms with van der Waals surface area (Å²) in [5.74, 6) is -1.13. The molecule has 0 spiro atoms. The number of rotatable bonds is 6. The van der Waals surface area contributed by atoms with Crippen LogP contribution in [0.1, 0.15) is 48.0 Å². The lowest BCUT2D eigenvalue weighted by atomic mass is 9.74. The first-order valence-electron chi connectivity index (χ1n) is 6.19. The summed E-state index contributed by atoms with van der Waals surface area (Å²) >= 11 is 0. The first kappa shape index (κ1) is 16.9. The third-order valence-electron chi connectivity index (χ3n) is 4.11. The topological polar surface area (TPSA) is 92.4 Å². The third kappa shape index (κ3) is 3.45. The molecule has 0 heterocycles. The highest BCUT2D eigenvalue weighted by atomic mass is 16.4. The number of nitrogens with one attached hydrogen (secondary N) is 1. The van der Waals surface area contributed by atoms with E-state index in [4.69, 9.17) is 10.8 Å². The Morgan fingerprint density at radius 2 is 1.61 bits per heavy atom. The van der Waals surface area contributed by atoms with Crippen molar-refractivity contribution in [3.05, 3.63) is 0 Å². The van der Waals surface area contributed by atoms with E-state index in [0.717, 1.165) is 0 Å².